The van der Waals surface area contributed by atoms with Crippen LogP contribution in [0.25, 0.3) is 11.3 Å². The molecule has 47 heavy (non-hydrogen) atoms. The molecule has 5 nitrogen and oxygen atoms in total. The maximum absolute atomic E-state index is 14.9. The molecule has 2 N–H and O–H groups in total. The molecule has 254 valence electrons. The quantitative estimate of drug-likeness (QED) is 0.343. The van der Waals surface area contributed by atoms with Crippen LogP contribution in [0.15, 0.2) is 47.7 Å². The van der Waals surface area contributed by atoms with Crippen LogP contribution in [0.1, 0.15) is 132 Å². The lowest BCUT2D eigenvalue weighted by Crippen LogP contribution is -2.65. The number of nitrogens with zero attached hydrogens (tertiary/aromatic N) is 1. The van der Waals surface area contributed by atoms with Gasteiger partial charge in [-0.3, -0.25) is 9.59 Å². The highest BCUT2D eigenvalue weighted by Crippen LogP contribution is 2.76. The maximum atomic E-state index is 14.9. The lowest BCUT2D eigenvalue weighted by molar-refractivity contribution is -0.212. The van der Waals surface area contributed by atoms with Crippen molar-refractivity contribution in [2.45, 2.75) is 132 Å². The smallest absolute Gasteiger partial charge is 0.231 e. The standard InChI is InChI=1S/C42H59N3O2/c1-26(2)33-30(46)24-42(36(47)45-38(5,6)35-43-25-29(44-35)27-14-11-10-12-15-27)23-22-40(8)28(34(33)42)16-17-32-39(7)20-13-19-37(3,4)31(39)18-21-41(32,40)9/h10-12,14-15,25-26,28,31-32H,13,16-24H2,1-9H3,(H,43,44)(H,45,47)/t28-,31-,32-,39-,40-,41-,42-/m1/s1. The molecule has 7 atom stereocenters. The number of aromatic amines is 1. The number of nitrogens with one attached hydrogen (secondary N) is 2. The topological polar surface area (TPSA) is 74.8 Å². The van der Waals surface area contributed by atoms with Gasteiger partial charge in [0.2, 0.25) is 5.91 Å². The van der Waals surface area contributed by atoms with Crippen molar-refractivity contribution in [2.24, 2.45) is 50.7 Å². The number of carbonyl (C=O) groups is 2. The molecular formula is C42H59N3O2. The summed E-state index contributed by atoms with van der Waals surface area (Å²) >= 11 is 0. The molecule has 0 aliphatic heterocycles. The molecule has 5 aliphatic carbocycles. The van der Waals surface area contributed by atoms with E-state index in [0.29, 0.717) is 23.2 Å². The predicted octanol–water partition coefficient (Wildman–Crippen LogP) is 9.80. The molecule has 4 fully saturated rings. The Morgan fingerprint density at radius 3 is 2.34 bits per heavy atom. The zero-order chi connectivity index (χ0) is 33.8. The second-order valence-electron chi connectivity index (χ2n) is 18.7. The van der Waals surface area contributed by atoms with Gasteiger partial charge in [-0.1, -0.05) is 85.2 Å². The molecule has 1 heterocycles. The van der Waals surface area contributed by atoms with Crippen molar-refractivity contribution in [3.63, 3.8) is 0 Å². The van der Waals surface area contributed by atoms with E-state index in [1.807, 2.05) is 38.2 Å². The molecule has 1 amide bonds. The Kier molecular flexibility index (Phi) is 7.44. The van der Waals surface area contributed by atoms with E-state index in [9.17, 15) is 9.59 Å². The summed E-state index contributed by atoms with van der Waals surface area (Å²) < 4.78 is 0. The van der Waals surface area contributed by atoms with Crippen LogP contribution < -0.4 is 5.32 Å². The Morgan fingerprint density at radius 1 is 0.915 bits per heavy atom. The van der Waals surface area contributed by atoms with Gasteiger partial charge in [0, 0.05) is 6.42 Å². The van der Waals surface area contributed by atoms with Gasteiger partial charge in [-0.15, -0.1) is 0 Å². The van der Waals surface area contributed by atoms with E-state index >= 15 is 0 Å². The zero-order valence-electron chi connectivity index (χ0n) is 30.6. The molecule has 1 aromatic carbocycles. The first kappa shape index (κ1) is 32.8. The highest BCUT2D eigenvalue weighted by Gasteiger charge is 2.70. The van der Waals surface area contributed by atoms with Gasteiger partial charge in [0.1, 0.15) is 5.82 Å². The van der Waals surface area contributed by atoms with E-state index in [-0.39, 0.29) is 34.4 Å². The van der Waals surface area contributed by atoms with Crippen molar-refractivity contribution >= 4 is 11.7 Å². The minimum Gasteiger partial charge on any atom is -0.343 e. The molecule has 5 heteroatoms. The van der Waals surface area contributed by atoms with Crippen molar-refractivity contribution in [3.8, 4) is 11.3 Å². The number of fused-ring (bicyclic) bond motifs is 7. The molecule has 0 saturated heterocycles. The van der Waals surface area contributed by atoms with Crippen molar-refractivity contribution in [2.75, 3.05) is 0 Å². The van der Waals surface area contributed by atoms with Crippen LogP contribution in [0.2, 0.25) is 0 Å². The van der Waals surface area contributed by atoms with Crippen LogP contribution in [0.4, 0.5) is 0 Å². The lowest BCUT2D eigenvalue weighted by atomic mass is 9.33. The summed E-state index contributed by atoms with van der Waals surface area (Å²) in [5.41, 5.74) is 3.72. The van der Waals surface area contributed by atoms with E-state index < -0.39 is 11.0 Å². The minimum absolute atomic E-state index is 0.0122. The maximum Gasteiger partial charge on any atom is 0.231 e. The molecular weight excluding hydrogens is 578 g/mol. The Balaban J connectivity index is 1.24. The van der Waals surface area contributed by atoms with Crippen molar-refractivity contribution in [3.05, 3.63) is 53.5 Å². The SMILES string of the molecule is CC(C)C1=C2[C@H]3CC[C@@H]4[C@]5(C)CCCC(C)(C)[C@H]5CC[C@@]4(C)[C@]3(C)CC[C@@]2(C(=O)NC(C)(C)c2ncc(-c3ccccc3)[nH]2)CC1=O. The van der Waals surface area contributed by atoms with Crippen molar-refractivity contribution in [1.29, 1.82) is 0 Å². The molecule has 1 aromatic heterocycles. The number of amides is 1. The number of imidazole rings is 1. The van der Waals surface area contributed by atoms with Crippen molar-refractivity contribution in [1.82, 2.24) is 15.3 Å². The predicted molar refractivity (Wildman–Crippen MR) is 189 cm³/mol. The number of Topliss-reactive ketones (excluding diaryl/α,β-unsaturated/α-hetero) is 1. The van der Waals surface area contributed by atoms with Gasteiger partial charge in [-0.05, 0) is 127 Å². The lowest BCUT2D eigenvalue weighted by Gasteiger charge is -2.71. The highest BCUT2D eigenvalue weighted by molar-refractivity contribution is 6.07. The monoisotopic (exact) mass is 637 g/mol. The molecule has 0 unspecified atom stereocenters. The van der Waals surface area contributed by atoms with Crippen LogP contribution in [0.5, 0.6) is 0 Å². The Hall–Kier alpha value is -2.69. The van der Waals surface area contributed by atoms with Crippen LogP contribution in [-0.2, 0) is 15.1 Å². The number of hydrogen-bond acceptors (Lipinski definition) is 3. The van der Waals surface area contributed by atoms with Gasteiger partial charge in [0.05, 0.1) is 22.8 Å². The number of carbonyl (C=O) groups excluding carboxylic acids is 2. The molecule has 0 bridgehead atoms. The number of hydrogen-bond donors (Lipinski definition) is 2. The zero-order valence-corrected chi connectivity index (χ0v) is 30.6. The first-order valence-corrected chi connectivity index (χ1v) is 18.7. The van der Waals surface area contributed by atoms with Gasteiger partial charge < -0.3 is 10.3 Å². The number of H-pyrrole nitrogens is 1. The fourth-order valence-electron chi connectivity index (χ4n) is 12.9. The average molecular weight is 638 g/mol. The van der Waals surface area contributed by atoms with E-state index in [0.717, 1.165) is 47.8 Å². The number of aromatic nitrogens is 2. The molecule has 2 aromatic rings. The number of allylic oxidation sites excluding steroid dienone is 1. The van der Waals surface area contributed by atoms with Gasteiger partial charge >= 0.3 is 0 Å². The van der Waals surface area contributed by atoms with Crippen LogP contribution >= 0.6 is 0 Å². The third kappa shape index (κ3) is 4.56. The first-order valence-electron chi connectivity index (χ1n) is 18.7. The number of ketones is 1. The highest BCUT2D eigenvalue weighted by atomic mass is 16.2. The summed E-state index contributed by atoms with van der Waals surface area (Å²) in [5, 5.41) is 3.46. The molecule has 4 saturated carbocycles. The minimum atomic E-state index is -0.774. The molecule has 0 spiro atoms. The Labute approximate surface area is 283 Å². The summed E-state index contributed by atoms with van der Waals surface area (Å²) in [7, 11) is 0. The van der Waals surface area contributed by atoms with Crippen molar-refractivity contribution < 1.29 is 9.59 Å². The van der Waals surface area contributed by atoms with E-state index in [2.05, 4.69) is 70.9 Å². The normalized spacial score (nSPS) is 38.0. The fourth-order valence-corrected chi connectivity index (χ4v) is 12.9. The summed E-state index contributed by atoms with van der Waals surface area (Å²) in [4.78, 5) is 37.2. The number of benzene rings is 1. The van der Waals surface area contributed by atoms with Gasteiger partial charge in [0.15, 0.2) is 5.78 Å². The second kappa shape index (κ2) is 10.7. The van der Waals surface area contributed by atoms with Crippen LogP contribution in [0.3, 0.4) is 0 Å². The number of rotatable bonds is 5. The van der Waals surface area contributed by atoms with E-state index in [4.69, 9.17) is 4.98 Å². The summed E-state index contributed by atoms with van der Waals surface area (Å²) in [6.45, 7) is 21.3. The van der Waals surface area contributed by atoms with Crippen LogP contribution in [-0.4, -0.2) is 21.7 Å². The van der Waals surface area contributed by atoms with Gasteiger partial charge in [-0.2, -0.15) is 0 Å². The van der Waals surface area contributed by atoms with Gasteiger partial charge in [0.25, 0.3) is 0 Å². The van der Waals surface area contributed by atoms with E-state index in [1.165, 1.54) is 44.1 Å². The Morgan fingerprint density at radius 2 is 1.64 bits per heavy atom. The van der Waals surface area contributed by atoms with Gasteiger partial charge in [-0.25, -0.2) is 4.98 Å². The first-order chi connectivity index (χ1) is 22.0. The largest absolute Gasteiger partial charge is 0.343 e. The summed E-state index contributed by atoms with van der Waals surface area (Å²) in [6.07, 6.45) is 12.8. The second-order valence-corrected chi connectivity index (χ2v) is 18.7. The summed E-state index contributed by atoms with van der Waals surface area (Å²) in [6, 6.07) is 10.2. The molecule has 5 aliphatic rings. The summed E-state index contributed by atoms with van der Waals surface area (Å²) in [5.74, 6) is 2.79. The molecule has 0 radical (unpaired) electrons. The third-order valence-electron chi connectivity index (χ3n) is 15.3. The fraction of sp³-hybridized carbons (Fsp3) is 0.690. The van der Waals surface area contributed by atoms with E-state index in [1.54, 1.807) is 0 Å². The Bertz CT molecular complexity index is 1610. The molecule has 7 rings (SSSR count). The third-order valence-corrected chi connectivity index (χ3v) is 15.3. The average Bonchev–Trinajstić information content (AvgIpc) is 3.61. The van der Waals surface area contributed by atoms with Crippen LogP contribution in [0, 0.1) is 50.7 Å².